The number of rotatable bonds is 1. The zero-order valence-corrected chi connectivity index (χ0v) is 10.2. The van der Waals surface area contributed by atoms with Crippen LogP contribution in [-0.2, 0) is 4.79 Å². The Bertz CT molecular complexity index is 444. The van der Waals surface area contributed by atoms with Crippen LogP contribution in [0.25, 0.3) is 0 Å². The summed E-state index contributed by atoms with van der Waals surface area (Å²) >= 11 is 0. The standard InChI is InChI=1S/C14H18N2O/c1-10-9-13(16-8-4-7-14(16)17)11-5-2-3-6-12(11)15-10/h2-3,5-6,10,13,15H,4,7-9H2,1H3/p+1. The van der Waals surface area contributed by atoms with Gasteiger partial charge in [-0.1, -0.05) is 18.2 Å². The molecular weight excluding hydrogens is 212 g/mol. The zero-order valence-electron chi connectivity index (χ0n) is 10.2. The van der Waals surface area contributed by atoms with Crippen molar-refractivity contribution in [3.05, 3.63) is 29.8 Å². The highest BCUT2D eigenvalue weighted by Crippen LogP contribution is 2.34. The van der Waals surface area contributed by atoms with Crippen molar-refractivity contribution in [1.82, 2.24) is 4.90 Å². The first kappa shape index (κ1) is 10.8. The molecule has 1 fully saturated rings. The van der Waals surface area contributed by atoms with Gasteiger partial charge in [-0.15, -0.1) is 0 Å². The summed E-state index contributed by atoms with van der Waals surface area (Å²) in [7, 11) is 0. The Hall–Kier alpha value is -1.35. The molecule has 0 spiro atoms. The first-order chi connectivity index (χ1) is 8.25. The summed E-state index contributed by atoms with van der Waals surface area (Å²) in [5.41, 5.74) is 2.65. The Morgan fingerprint density at radius 3 is 2.94 bits per heavy atom. The molecule has 1 amide bonds. The van der Waals surface area contributed by atoms with E-state index in [0.29, 0.717) is 18.0 Å². The maximum absolute atomic E-state index is 11.9. The molecule has 2 aliphatic rings. The lowest BCUT2D eigenvalue weighted by atomic mass is 9.92. The van der Waals surface area contributed by atoms with Gasteiger partial charge in [0.1, 0.15) is 5.69 Å². The molecule has 0 radical (unpaired) electrons. The fourth-order valence-corrected chi connectivity index (χ4v) is 3.11. The van der Waals surface area contributed by atoms with Gasteiger partial charge in [-0.05, 0) is 19.4 Å². The SMILES string of the molecule is CC1CC(N2CCCC2=O)c2ccccc2[NH2+]1. The van der Waals surface area contributed by atoms with E-state index in [0.717, 1.165) is 25.8 Å². The van der Waals surface area contributed by atoms with E-state index in [9.17, 15) is 4.79 Å². The molecule has 0 saturated carbocycles. The Balaban J connectivity index is 1.97. The highest BCUT2D eigenvalue weighted by atomic mass is 16.2. The molecule has 2 unspecified atom stereocenters. The predicted octanol–water partition coefficient (Wildman–Crippen LogP) is 1.34. The Labute approximate surface area is 102 Å². The van der Waals surface area contributed by atoms with Gasteiger partial charge in [-0.2, -0.15) is 0 Å². The van der Waals surface area contributed by atoms with Crippen LogP contribution in [0.5, 0.6) is 0 Å². The van der Waals surface area contributed by atoms with Crippen LogP contribution in [0.15, 0.2) is 24.3 Å². The van der Waals surface area contributed by atoms with E-state index in [1.54, 1.807) is 0 Å². The monoisotopic (exact) mass is 231 g/mol. The number of fused-ring (bicyclic) bond motifs is 1. The van der Waals surface area contributed by atoms with Crippen LogP contribution >= 0.6 is 0 Å². The summed E-state index contributed by atoms with van der Waals surface area (Å²) in [6, 6.07) is 9.36. The summed E-state index contributed by atoms with van der Waals surface area (Å²) in [6.45, 7) is 3.17. The smallest absolute Gasteiger partial charge is 0.223 e. The van der Waals surface area contributed by atoms with Gasteiger partial charge in [0.2, 0.25) is 5.91 Å². The summed E-state index contributed by atoms with van der Waals surface area (Å²) < 4.78 is 0. The fraction of sp³-hybridized carbons (Fsp3) is 0.500. The lowest BCUT2D eigenvalue weighted by Crippen LogP contribution is -2.85. The van der Waals surface area contributed by atoms with Gasteiger partial charge in [0.25, 0.3) is 0 Å². The van der Waals surface area contributed by atoms with Crippen molar-refractivity contribution in [2.45, 2.75) is 38.3 Å². The maximum Gasteiger partial charge on any atom is 0.223 e. The van der Waals surface area contributed by atoms with E-state index in [4.69, 9.17) is 0 Å². The van der Waals surface area contributed by atoms with Crippen LogP contribution in [0.2, 0.25) is 0 Å². The average molecular weight is 231 g/mol. The van der Waals surface area contributed by atoms with Gasteiger partial charge in [0.15, 0.2) is 0 Å². The molecule has 90 valence electrons. The Morgan fingerprint density at radius 1 is 1.35 bits per heavy atom. The van der Waals surface area contributed by atoms with Crippen molar-refractivity contribution in [3.8, 4) is 0 Å². The molecule has 2 aliphatic heterocycles. The molecular formula is C14H19N2O+. The van der Waals surface area contributed by atoms with E-state index < -0.39 is 0 Å². The third-order valence-electron chi connectivity index (χ3n) is 3.90. The lowest BCUT2D eigenvalue weighted by molar-refractivity contribution is -0.613. The third-order valence-corrected chi connectivity index (χ3v) is 3.90. The highest BCUT2D eigenvalue weighted by molar-refractivity contribution is 5.78. The molecule has 17 heavy (non-hydrogen) atoms. The minimum absolute atomic E-state index is 0.307. The van der Waals surface area contributed by atoms with Crippen molar-refractivity contribution >= 4 is 11.6 Å². The first-order valence-electron chi connectivity index (χ1n) is 6.49. The number of hydrogen-bond donors (Lipinski definition) is 1. The number of likely N-dealkylation sites (tertiary alicyclic amines) is 1. The van der Waals surface area contributed by atoms with Crippen LogP contribution in [0.1, 0.15) is 37.8 Å². The largest absolute Gasteiger partial charge is 0.335 e. The molecule has 1 aromatic carbocycles. The van der Waals surface area contributed by atoms with Gasteiger partial charge < -0.3 is 10.2 Å². The van der Waals surface area contributed by atoms with Crippen LogP contribution < -0.4 is 5.32 Å². The van der Waals surface area contributed by atoms with E-state index in [1.165, 1.54) is 11.3 Å². The van der Waals surface area contributed by atoms with Gasteiger partial charge in [0, 0.05) is 24.9 Å². The number of benzene rings is 1. The number of amides is 1. The molecule has 2 atom stereocenters. The van der Waals surface area contributed by atoms with Gasteiger partial charge in [-0.25, -0.2) is 0 Å². The second-order valence-electron chi connectivity index (χ2n) is 5.22. The summed E-state index contributed by atoms with van der Waals surface area (Å²) in [4.78, 5) is 14.0. The number of carbonyl (C=O) groups is 1. The van der Waals surface area contributed by atoms with Crippen LogP contribution in [0, 0.1) is 0 Å². The third kappa shape index (κ3) is 1.84. The molecule has 3 nitrogen and oxygen atoms in total. The van der Waals surface area contributed by atoms with Crippen molar-refractivity contribution < 1.29 is 10.1 Å². The van der Waals surface area contributed by atoms with Crippen molar-refractivity contribution in [2.75, 3.05) is 6.54 Å². The van der Waals surface area contributed by atoms with Crippen LogP contribution in [-0.4, -0.2) is 23.4 Å². The summed E-state index contributed by atoms with van der Waals surface area (Å²) in [6.07, 6.45) is 2.83. The van der Waals surface area contributed by atoms with Gasteiger partial charge in [0.05, 0.1) is 12.1 Å². The van der Waals surface area contributed by atoms with E-state index >= 15 is 0 Å². The van der Waals surface area contributed by atoms with Crippen LogP contribution in [0.4, 0.5) is 5.69 Å². The molecule has 2 heterocycles. The van der Waals surface area contributed by atoms with Crippen molar-refractivity contribution in [1.29, 1.82) is 0 Å². The number of nitrogens with zero attached hydrogens (tertiary/aromatic N) is 1. The molecule has 3 heteroatoms. The quantitative estimate of drug-likeness (QED) is 0.728. The topological polar surface area (TPSA) is 36.9 Å². The molecule has 0 bridgehead atoms. The highest BCUT2D eigenvalue weighted by Gasteiger charge is 2.35. The molecule has 0 aliphatic carbocycles. The van der Waals surface area contributed by atoms with E-state index in [1.807, 2.05) is 0 Å². The average Bonchev–Trinajstić information content (AvgIpc) is 2.74. The molecule has 1 aromatic rings. The van der Waals surface area contributed by atoms with E-state index in [2.05, 4.69) is 41.4 Å². The number of hydrogen-bond acceptors (Lipinski definition) is 1. The second kappa shape index (κ2) is 4.15. The first-order valence-corrected chi connectivity index (χ1v) is 6.49. The number of carbonyl (C=O) groups excluding carboxylic acids is 1. The molecule has 2 N–H and O–H groups in total. The second-order valence-corrected chi connectivity index (χ2v) is 5.22. The van der Waals surface area contributed by atoms with Crippen LogP contribution in [0.3, 0.4) is 0 Å². The summed E-state index contributed by atoms with van der Waals surface area (Å²) in [5.74, 6) is 0.332. The number of para-hydroxylation sites is 1. The maximum atomic E-state index is 11.9. The van der Waals surface area contributed by atoms with E-state index in [-0.39, 0.29) is 0 Å². The fourth-order valence-electron chi connectivity index (χ4n) is 3.11. The molecule has 1 saturated heterocycles. The predicted molar refractivity (Wildman–Crippen MR) is 65.8 cm³/mol. The number of nitrogens with two attached hydrogens (primary N) is 1. The molecule has 3 rings (SSSR count). The van der Waals surface area contributed by atoms with Gasteiger partial charge >= 0.3 is 0 Å². The lowest BCUT2D eigenvalue weighted by Gasteiger charge is -2.34. The zero-order chi connectivity index (χ0) is 11.8. The van der Waals surface area contributed by atoms with Crippen molar-refractivity contribution in [3.63, 3.8) is 0 Å². The minimum Gasteiger partial charge on any atom is -0.335 e. The Kier molecular flexibility index (Phi) is 2.63. The van der Waals surface area contributed by atoms with Gasteiger partial charge in [-0.3, -0.25) is 4.79 Å². The number of quaternary nitrogens is 1. The summed E-state index contributed by atoms with van der Waals surface area (Å²) in [5, 5.41) is 2.33. The van der Waals surface area contributed by atoms with Crippen molar-refractivity contribution in [2.24, 2.45) is 0 Å². The minimum atomic E-state index is 0.307. The molecule has 0 aromatic heterocycles. The normalized spacial score (nSPS) is 28.3. The Morgan fingerprint density at radius 2 is 2.18 bits per heavy atom.